The highest BCUT2D eigenvalue weighted by Crippen LogP contribution is 2.34. The van der Waals surface area contributed by atoms with Crippen LogP contribution in [0.2, 0.25) is 0 Å². The van der Waals surface area contributed by atoms with Crippen LogP contribution in [-0.4, -0.2) is 4.98 Å². The summed E-state index contributed by atoms with van der Waals surface area (Å²) in [6.07, 6.45) is 0. The molecule has 2 aromatic rings. The van der Waals surface area contributed by atoms with Crippen molar-refractivity contribution < 1.29 is 0 Å². The van der Waals surface area contributed by atoms with Crippen molar-refractivity contribution in [3.63, 3.8) is 0 Å². The summed E-state index contributed by atoms with van der Waals surface area (Å²) in [5.74, 6) is 0. The molecule has 13 heavy (non-hydrogen) atoms. The zero-order valence-corrected chi connectivity index (χ0v) is 8.15. The number of hydrogen-bond donors (Lipinski definition) is 1. The first-order chi connectivity index (χ1) is 6.33. The van der Waals surface area contributed by atoms with E-state index in [9.17, 15) is 0 Å². The second-order valence-corrected chi connectivity index (χ2v) is 4.03. The fourth-order valence-electron chi connectivity index (χ4n) is 1.07. The van der Waals surface area contributed by atoms with Gasteiger partial charge in [-0.15, -0.1) is 11.3 Å². The van der Waals surface area contributed by atoms with Gasteiger partial charge in [0, 0.05) is 5.69 Å². The first kappa shape index (κ1) is 8.35. The van der Waals surface area contributed by atoms with Crippen molar-refractivity contribution in [1.82, 2.24) is 4.98 Å². The van der Waals surface area contributed by atoms with Gasteiger partial charge in [0.1, 0.15) is 5.40 Å². The van der Waals surface area contributed by atoms with Gasteiger partial charge in [-0.3, -0.25) is 0 Å². The topological polar surface area (TPSA) is 62.7 Å². The van der Waals surface area contributed by atoms with Gasteiger partial charge in [-0.05, 0) is 23.9 Å². The van der Waals surface area contributed by atoms with Gasteiger partial charge in [-0.1, -0.05) is 0 Å². The van der Waals surface area contributed by atoms with E-state index in [1.165, 1.54) is 11.3 Å². The lowest BCUT2D eigenvalue weighted by molar-refractivity contribution is 1.47. The van der Waals surface area contributed by atoms with Gasteiger partial charge in [0.25, 0.3) is 0 Å². The molecule has 0 unspecified atom stereocenters. The van der Waals surface area contributed by atoms with Gasteiger partial charge >= 0.3 is 0 Å². The molecule has 0 radical (unpaired) electrons. The van der Waals surface area contributed by atoms with Crippen molar-refractivity contribution in [2.24, 2.45) is 0 Å². The number of nitrogens with two attached hydrogens (primary N) is 1. The van der Waals surface area contributed by atoms with Gasteiger partial charge < -0.3 is 5.73 Å². The lowest BCUT2D eigenvalue weighted by Gasteiger charge is -1.99. The average molecular weight is 207 g/mol. The number of nitrogen functional groups attached to an aromatic ring is 1. The van der Waals surface area contributed by atoms with E-state index in [0.29, 0.717) is 5.69 Å². The summed E-state index contributed by atoms with van der Waals surface area (Å²) in [7, 11) is 0. The van der Waals surface area contributed by atoms with E-state index in [-0.39, 0.29) is 0 Å². The molecule has 3 nitrogen and oxygen atoms in total. The van der Waals surface area contributed by atoms with Crippen molar-refractivity contribution in [2.45, 2.75) is 4.90 Å². The van der Waals surface area contributed by atoms with Crippen LogP contribution in [0, 0.1) is 10.7 Å². The molecule has 1 aromatic heterocycles. The number of nitrogens with zero attached hydrogens (tertiary/aromatic N) is 2. The minimum absolute atomic E-state index is 0.642. The van der Waals surface area contributed by atoms with Gasteiger partial charge in [0.05, 0.1) is 20.6 Å². The van der Waals surface area contributed by atoms with Crippen molar-refractivity contribution in [3.8, 4) is 5.40 Å². The summed E-state index contributed by atoms with van der Waals surface area (Å²) in [5, 5.41) is 10.6. The first-order valence-electron chi connectivity index (χ1n) is 3.50. The highest BCUT2D eigenvalue weighted by atomic mass is 32.2. The smallest absolute Gasteiger partial charge is 0.138 e. The largest absolute Gasteiger partial charge is 0.398 e. The average Bonchev–Trinajstić information content (AvgIpc) is 2.58. The Labute approximate surface area is 83.2 Å². The Kier molecular flexibility index (Phi) is 2.08. The molecule has 64 valence electrons. The second-order valence-electron chi connectivity index (χ2n) is 2.38. The summed E-state index contributed by atoms with van der Waals surface area (Å²) in [6, 6.07) is 3.64. The molecule has 0 bridgehead atoms. The van der Waals surface area contributed by atoms with E-state index in [1.807, 2.05) is 11.5 Å². The Morgan fingerprint density at radius 3 is 3.15 bits per heavy atom. The molecule has 0 aliphatic carbocycles. The molecule has 0 aliphatic heterocycles. The molecular formula is C8H5N3S2. The van der Waals surface area contributed by atoms with Crippen LogP contribution >= 0.6 is 23.1 Å². The number of benzene rings is 1. The number of aromatic nitrogens is 1. The third kappa shape index (κ3) is 1.34. The summed E-state index contributed by atoms with van der Waals surface area (Å²) < 4.78 is 0.992. The number of thioether (sulfide) groups is 1. The molecule has 2 N–H and O–H groups in total. The Morgan fingerprint density at radius 2 is 2.38 bits per heavy atom. The van der Waals surface area contributed by atoms with Crippen LogP contribution in [-0.2, 0) is 0 Å². The van der Waals surface area contributed by atoms with E-state index in [4.69, 9.17) is 11.0 Å². The third-order valence-electron chi connectivity index (χ3n) is 1.63. The predicted octanol–water partition coefficient (Wildman–Crippen LogP) is 2.45. The number of anilines is 1. The van der Waals surface area contributed by atoms with E-state index >= 15 is 0 Å². The Bertz CT molecular complexity index is 484. The minimum Gasteiger partial charge on any atom is -0.398 e. The molecule has 1 heterocycles. The molecule has 0 spiro atoms. The van der Waals surface area contributed by atoms with Gasteiger partial charge in [-0.25, -0.2) is 4.98 Å². The summed E-state index contributed by atoms with van der Waals surface area (Å²) in [5.41, 5.74) is 9.04. The molecule has 0 amide bonds. The van der Waals surface area contributed by atoms with E-state index in [0.717, 1.165) is 26.9 Å². The lowest BCUT2D eigenvalue weighted by atomic mass is 10.3. The Hall–Kier alpha value is -1.25. The quantitative estimate of drug-likeness (QED) is 0.443. The van der Waals surface area contributed by atoms with Crippen LogP contribution < -0.4 is 5.73 Å². The summed E-state index contributed by atoms with van der Waals surface area (Å²) in [6.45, 7) is 0. The third-order valence-corrected chi connectivity index (χ3v) is 3.36. The van der Waals surface area contributed by atoms with Crippen LogP contribution in [0.1, 0.15) is 0 Å². The first-order valence-corrected chi connectivity index (χ1v) is 5.20. The fourth-order valence-corrected chi connectivity index (χ4v) is 2.55. The van der Waals surface area contributed by atoms with Crippen molar-refractivity contribution in [1.29, 1.82) is 5.26 Å². The normalized spacial score (nSPS) is 10.1. The number of thiazole rings is 1. The molecule has 5 heteroatoms. The fraction of sp³-hybridized carbons (Fsp3) is 0. The Balaban J connectivity index is 2.74. The predicted molar refractivity (Wildman–Crippen MR) is 55.5 cm³/mol. The summed E-state index contributed by atoms with van der Waals surface area (Å²) >= 11 is 2.59. The van der Waals surface area contributed by atoms with Crippen LogP contribution in [0.5, 0.6) is 0 Å². The van der Waals surface area contributed by atoms with Crippen molar-refractivity contribution >= 4 is 39.0 Å². The van der Waals surface area contributed by atoms with Crippen LogP contribution in [0.4, 0.5) is 5.69 Å². The highest BCUT2D eigenvalue weighted by Gasteiger charge is 2.07. The number of nitriles is 1. The number of rotatable bonds is 1. The van der Waals surface area contributed by atoms with E-state index < -0.39 is 0 Å². The monoisotopic (exact) mass is 207 g/mol. The van der Waals surface area contributed by atoms with Crippen LogP contribution in [0.3, 0.4) is 0 Å². The van der Waals surface area contributed by atoms with E-state index in [1.54, 1.807) is 11.6 Å². The van der Waals surface area contributed by atoms with Gasteiger partial charge in [-0.2, -0.15) is 5.26 Å². The molecule has 0 fully saturated rings. The molecule has 0 aliphatic rings. The molecule has 0 atom stereocenters. The lowest BCUT2D eigenvalue weighted by Crippen LogP contribution is -1.87. The maximum Gasteiger partial charge on any atom is 0.138 e. The minimum atomic E-state index is 0.642. The number of thiocyanates is 1. The molecule has 1 aromatic carbocycles. The standard InChI is InChI=1S/C8H5N3S2/c9-3-12-7-5(10)1-2-6-8(7)13-4-11-6/h1-2,4H,10H2. The second kappa shape index (κ2) is 3.24. The zero-order valence-electron chi connectivity index (χ0n) is 6.52. The zero-order chi connectivity index (χ0) is 9.26. The molecule has 0 saturated carbocycles. The van der Waals surface area contributed by atoms with Crippen molar-refractivity contribution in [2.75, 3.05) is 5.73 Å². The van der Waals surface area contributed by atoms with Gasteiger partial charge in [0.15, 0.2) is 0 Å². The molecule has 2 rings (SSSR count). The highest BCUT2D eigenvalue weighted by molar-refractivity contribution is 8.04. The van der Waals surface area contributed by atoms with E-state index in [2.05, 4.69) is 4.98 Å². The van der Waals surface area contributed by atoms with Crippen LogP contribution in [0.25, 0.3) is 10.2 Å². The van der Waals surface area contributed by atoms with Gasteiger partial charge in [0.2, 0.25) is 0 Å². The maximum atomic E-state index is 8.58. The number of hydrogen-bond acceptors (Lipinski definition) is 5. The maximum absolute atomic E-state index is 8.58. The van der Waals surface area contributed by atoms with Crippen LogP contribution in [0.15, 0.2) is 22.5 Å². The number of fused-ring (bicyclic) bond motifs is 1. The molecular weight excluding hydrogens is 202 g/mol. The summed E-state index contributed by atoms with van der Waals surface area (Å²) in [4.78, 5) is 4.96. The SMILES string of the molecule is N#CSc1c(N)ccc2ncsc12. The van der Waals surface area contributed by atoms with Crippen molar-refractivity contribution in [3.05, 3.63) is 17.6 Å². The Morgan fingerprint density at radius 1 is 1.54 bits per heavy atom. The molecule has 0 saturated heterocycles.